The smallest absolute Gasteiger partial charge is 0.390 e. The fourth-order valence-corrected chi connectivity index (χ4v) is 3.13. The van der Waals surface area contributed by atoms with E-state index >= 15 is 0 Å². The predicted molar refractivity (Wildman–Crippen MR) is 72.4 cm³/mol. The van der Waals surface area contributed by atoms with Gasteiger partial charge in [0.05, 0.1) is 24.1 Å². The first-order chi connectivity index (χ1) is 9.32. The fraction of sp³-hybridized carbons (Fsp3) is 0.250. The van der Waals surface area contributed by atoms with Crippen molar-refractivity contribution in [1.29, 1.82) is 0 Å². The molecule has 0 radical (unpaired) electrons. The first-order valence-corrected chi connectivity index (χ1v) is 7.10. The zero-order valence-electron chi connectivity index (χ0n) is 10.3. The molecule has 20 heavy (non-hydrogen) atoms. The molecular weight excluding hydrogens is 357 g/mol. The van der Waals surface area contributed by atoms with Crippen molar-refractivity contribution in [2.24, 2.45) is 7.05 Å². The fourth-order valence-electron chi connectivity index (χ4n) is 1.58. The molecule has 0 aliphatic heterocycles. The summed E-state index contributed by atoms with van der Waals surface area (Å²) < 4.78 is 41.0. The molecule has 1 aromatic heterocycles. The van der Waals surface area contributed by atoms with E-state index in [1.54, 1.807) is 11.6 Å². The molecule has 0 unspecified atom stereocenters. The Morgan fingerprint density at radius 2 is 2.10 bits per heavy atom. The lowest BCUT2D eigenvalue weighted by Crippen LogP contribution is -2.07. The number of hydrogen-bond donors (Lipinski definition) is 1. The molecule has 1 N–H and O–H groups in total. The van der Waals surface area contributed by atoms with Crippen molar-refractivity contribution in [2.45, 2.75) is 22.8 Å². The number of aliphatic hydroxyl groups is 1. The van der Waals surface area contributed by atoms with E-state index in [0.29, 0.717) is 15.3 Å². The van der Waals surface area contributed by atoms with Gasteiger partial charge in [0.1, 0.15) is 0 Å². The molecule has 0 saturated carbocycles. The van der Waals surface area contributed by atoms with Crippen LogP contribution < -0.4 is 0 Å². The SMILES string of the molecule is Cn1c(CO)cnc1Sc1cc(Br)ccc1C(F)(F)F. The van der Waals surface area contributed by atoms with Gasteiger partial charge in [0.15, 0.2) is 5.16 Å². The minimum atomic E-state index is -4.42. The molecule has 0 bridgehead atoms. The van der Waals surface area contributed by atoms with Gasteiger partial charge in [0, 0.05) is 16.4 Å². The van der Waals surface area contributed by atoms with E-state index in [1.807, 2.05) is 0 Å². The molecule has 1 heterocycles. The van der Waals surface area contributed by atoms with Gasteiger partial charge in [0.2, 0.25) is 0 Å². The largest absolute Gasteiger partial charge is 0.417 e. The number of benzene rings is 1. The van der Waals surface area contributed by atoms with Crippen molar-refractivity contribution in [3.05, 3.63) is 40.1 Å². The van der Waals surface area contributed by atoms with E-state index < -0.39 is 11.7 Å². The summed E-state index contributed by atoms with van der Waals surface area (Å²) in [6.45, 7) is -0.214. The Hall–Kier alpha value is -0.990. The van der Waals surface area contributed by atoms with Crippen LogP contribution in [-0.2, 0) is 19.8 Å². The average Bonchev–Trinajstić information content (AvgIpc) is 2.69. The first kappa shape index (κ1) is 15.4. The van der Waals surface area contributed by atoms with Crippen molar-refractivity contribution in [3.63, 3.8) is 0 Å². The van der Waals surface area contributed by atoms with Crippen molar-refractivity contribution in [1.82, 2.24) is 9.55 Å². The summed E-state index contributed by atoms with van der Waals surface area (Å²) in [6, 6.07) is 3.79. The molecule has 0 aliphatic rings. The Bertz CT molecular complexity index is 628. The molecule has 0 aliphatic carbocycles. The van der Waals surface area contributed by atoms with E-state index in [4.69, 9.17) is 5.11 Å². The van der Waals surface area contributed by atoms with Gasteiger partial charge in [-0.1, -0.05) is 27.7 Å². The van der Waals surface area contributed by atoms with Gasteiger partial charge in [-0.05, 0) is 18.2 Å². The second-order valence-electron chi connectivity index (χ2n) is 3.99. The van der Waals surface area contributed by atoms with Crippen LogP contribution in [0.25, 0.3) is 0 Å². The normalized spacial score (nSPS) is 11.9. The summed E-state index contributed by atoms with van der Waals surface area (Å²) >= 11 is 4.07. The molecule has 0 fully saturated rings. The molecular formula is C12H10BrF3N2OS. The Labute approximate surface area is 126 Å². The summed E-state index contributed by atoms with van der Waals surface area (Å²) in [7, 11) is 1.64. The number of alkyl halides is 3. The molecule has 0 saturated heterocycles. The van der Waals surface area contributed by atoms with E-state index in [9.17, 15) is 13.2 Å². The number of hydrogen-bond acceptors (Lipinski definition) is 3. The molecule has 2 aromatic rings. The molecule has 3 nitrogen and oxygen atoms in total. The van der Waals surface area contributed by atoms with Gasteiger partial charge in [-0.25, -0.2) is 4.98 Å². The third-order valence-electron chi connectivity index (χ3n) is 2.65. The van der Waals surface area contributed by atoms with E-state index in [-0.39, 0.29) is 11.5 Å². The quantitative estimate of drug-likeness (QED) is 0.896. The highest BCUT2D eigenvalue weighted by Crippen LogP contribution is 2.40. The first-order valence-electron chi connectivity index (χ1n) is 5.49. The highest BCUT2D eigenvalue weighted by Gasteiger charge is 2.34. The van der Waals surface area contributed by atoms with Crippen LogP contribution in [0.1, 0.15) is 11.3 Å². The maximum Gasteiger partial charge on any atom is 0.417 e. The highest BCUT2D eigenvalue weighted by molar-refractivity contribution is 9.10. The lowest BCUT2D eigenvalue weighted by Gasteiger charge is -2.12. The van der Waals surface area contributed by atoms with Crippen molar-refractivity contribution >= 4 is 27.7 Å². The number of imidazole rings is 1. The zero-order chi connectivity index (χ0) is 14.9. The Morgan fingerprint density at radius 3 is 2.65 bits per heavy atom. The summed E-state index contributed by atoms with van der Waals surface area (Å²) in [6.07, 6.45) is -2.98. The summed E-state index contributed by atoms with van der Waals surface area (Å²) in [5, 5.41) is 9.45. The number of aliphatic hydroxyl groups excluding tert-OH is 1. The van der Waals surface area contributed by atoms with Crippen LogP contribution in [-0.4, -0.2) is 14.7 Å². The van der Waals surface area contributed by atoms with Crippen LogP contribution in [0, 0.1) is 0 Å². The monoisotopic (exact) mass is 366 g/mol. The minimum absolute atomic E-state index is 0.0602. The molecule has 108 valence electrons. The number of nitrogens with zero attached hydrogens (tertiary/aromatic N) is 2. The molecule has 0 amide bonds. The van der Waals surface area contributed by atoms with Gasteiger partial charge in [-0.2, -0.15) is 13.2 Å². The van der Waals surface area contributed by atoms with Crippen LogP contribution in [0.3, 0.4) is 0 Å². The van der Waals surface area contributed by atoms with Gasteiger partial charge >= 0.3 is 6.18 Å². The highest BCUT2D eigenvalue weighted by atomic mass is 79.9. The second-order valence-corrected chi connectivity index (χ2v) is 5.91. The van der Waals surface area contributed by atoms with E-state index in [0.717, 1.165) is 17.8 Å². The van der Waals surface area contributed by atoms with Crippen LogP contribution in [0.5, 0.6) is 0 Å². The number of rotatable bonds is 3. The molecule has 0 atom stereocenters. The second kappa shape index (κ2) is 5.79. The van der Waals surface area contributed by atoms with Crippen LogP contribution in [0.4, 0.5) is 13.2 Å². The standard InChI is InChI=1S/C12H10BrF3N2OS/c1-18-8(6-19)5-17-11(18)20-10-4-7(13)2-3-9(10)12(14,15)16/h2-5,19H,6H2,1H3. The lowest BCUT2D eigenvalue weighted by atomic mass is 10.2. The third kappa shape index (κ3) is 3.18. The maximum absolute atomic E-state index is 13.0. The van der Waals surface area contributed by atoms with Crippen molar-refractivity contribution in [2.75, 3.05) is 0 Å². The van der Waals surface area contributed by atoms with Gasteiger partial charge in [-0.15, -0.1) is 0 Å². The van der Waals surface area contributed by atoms with Gasteiger partial charge < -0.3 is 9.67 Å². The zero-order valence-corrected chi connectivity index (χ0v) is 12.7. The van der Waals surface area contributed by atoms with Gasteiger partial charge in [-0.3, -0.25) is 0 Å². The van der Waals surface area contributed by atoms with E-state index in [2.05, 4.69) is 20.9 Å². The van der Waals surface area contributed by atoms with Crippen LogP contribution >= 0.6 is 27.7 Å². The lowest BCUT2D eigenvalue weighted by molar-refractivity contribution is -0.139. The van der Waals surface area contributed by atoms with Crippen molar-refractivity contribution < 1.29 is 18.3 Å². The maximum atomic E-state index is 13.0. The molecule has 0 spiro atoms. The predicted octanol–water partition coefficient (Wildman–Crippen LogP) is 3.84. The Kier molecular flexibility index (Phi) is 4.46. The van der Waals surface area contributed by atoms with E-state index in [1.165, 1.54) is 18.3 Å². The molecule has 8 heteroatoms. The number of halogens is 4. The Morgan fingerprint density at radius 1 is 1.40 bits per heavy atom. The average molecular weight is 367 g/mol. The Balaban J connectivity index is 2.42. The minimum Gasteiger partial charge on any atom is -0.390 e. The summed E-state index contributed by atoms with van der Waals surface area (Å²) in [5.74, 6) is 0. The summed E-state index contributed by atoms with van der Waals surface area (Å²) in [5.41, 5.74) is -0.171. The topological polar surface area (TPSA) is 38.0 Å². The van der Waals surface area contributed by atoms with Gasteiger partial charge in [0.25, 0.3) is 0 Å². The molecule has 2 rings (SSSR count). The van der Waals surface area contributed by atoms with Crippen molar-refractivity contribution in [3.8, 4) is 0 Å². The molecule has 1 aromatic carbocycles. The van der Waals surface area contributed by atoms with Crippen LogP contribution in [0.15, 0.2) is 38.9 Å². The van der Waals surface area contributed by atoms with Crippen LogP contribution in [0.2, 0.25) is 0 Å². The number of aromatic nitrogens is 2. The third-order valence-corrected chi connectivity index (χ3v) is 4.27. The summed E-state index contributed by atoms with van der Waals surface area (Å²) in [4.78, 5) is 4.08.